The number of imidazole rings is 1. The predicted molar refractivity (Wildman–Crippen MR) is 122 cm³/mol. The van der Waals surface area contributed by atoms with Gasteiger partial charge in [-0.3, -0.25) is 9.59 Å². The highest BCUT2D eigenvalue weighted by Gasteiger charge is 2.37. The highest BCUT2D eigenvalue weighted by molar-refractivity contribution is 6.01. The summed E-state index contributed by atoms with van der Waals surface area (Å²) in [5, 5.41) is 3.11. The van der Waals surface area contributed by atoms with Crippen molar-refractivity contribution in [2.45, 2.75) is 26.3 Å². The summed E-state index contributed by atoms with van der Waals surface area (Å²) in [6, 6.07) is 12.8. The highest BCUT2D eigenvalue weighted by atomic mass is 16.5. The van der Waals surface area contributed by atoms with E-state index in [0.717, 1.165) is 11.0 Å². The lowest BCUT2D eigenvalue weighted by molar-refractivity contribution is -0.127. The van der Waals surface area contributed by atoms with Gasteiger partial charge in [-0.25, -0.2) is 4.98 Å². The van der Waals surface area contributed by atoms with Crippen molar-refractivity contribution in [3.8, 4) is 11.5 Å². The Kier molecular flexibility index (Phi) is 6.03. The molecular formula is C24H28N4O4. The van der Waals surface area contributed by atoms with Gasteiger partial charge in [0, 0.05) is 19.0 Å². The smallest absolute Gasteiger partial charge is 0.227 e. The minimum Gasteiger partial charge on any atom is -0.497 e. The maximum absolute atomic E-state index is 13.1. The number of methoxy groups -OCH3 is 2. The van der Waals surface area contributed by atoms with E-state index in [1.165, 1.54) is 0 Å². The summed E-state index contributed by atoms with van der Waals surface area (Å²) in [5.74, 6) is 1.27. The van der Waals surface area contributed by atoms with Crippen molar-refractivity contribution < 1.29 is 19.1 Å². The molecule has 2 aromatic carbocycles. The van der Waals surface area contributed by atoms with E-state index in [1.807, 2.05) is 38.1 Å². The second-order valence-corrected chi connectivity index (χ2v) is 8.31. The molecule has 4 rings (SSSR count). The Bertz CT molecular complexity index is 1110. The molecular weight excluding hydrogens is 408 g/mol. The lowest BCUT2D eigenvalue weighted by Gasteiger charge is -2.23. The molecule has 0 spiro atoms. The van der Waals surface area contributed by atoms with Crippen molar-refractivity contribution in [2.24, 2.45) is 11.8 Å². The Balaban J connectivity index is 1.51. The summed E-state index contributed by atoms with van der Waals surface area (Å²) in [6.45, 7) is 4.36. The molecule has 8 nitrogen and oxygen atoms in total. The van der Waals surface area contributed by atoms with E-state index >= 15 is 0 Å². The summed E-state index contributed by atoms with van der Waals surface area (Å²) in [4.78, 5) is 35.5. The Hall–Kier alpha value is -3.55. The third-order valence-electron chi connectivity index (χ3n) is 5.84. The van der Waals surface area contributed by atoms with E-state index in [-0.39, 0.29) is 36.7 Å². The number of aromatic amines is 1. The van der Waals surface area contributed by atoms with Crippen LogP contribution in [-0.2, 0) is 9.59 Å². The van der Waals surface area contributed by atoms with Crippen LogP contribution in [0, 0.1) is 11.8 Å². The second kappa shape index (κ2) is 8.90. The number of rotatable bonds is 7. The SMILES string of the molecule is COc1ccc(N2C[C@@H](C(=O)N[C@H](c3nc4ccccc4[nH]3)C(C)C)CC2=O)c(OC)c1. The van der Waals surface area contributed by atoms with Crippen LogP contribution in [0.4, 0.5) is 5.69 Å². The first kappa shape index (κ1) is 21.7. The van der Waals surface area contributed by atoms with Gasteiger partial charge >= 0.3 is 0 Å². The third-order valence-corrected chi connectivity index (χ3v) is 5.84. The van der Waals surface area contributed by atoms with Crippen LogP contribution >= 0.6 is 0 Å². The normalized spacial score (nSPS) is 17.1. The summed E-state index contributed by atoms with van der Waals surface area (Å²) in [5.41, 5.74) is 2.42. The summed E-state index contributed by atoms with van der Waals surface area (Å²) >= 11 is 0. The topological polar surface area (TPSA) is 96.5 Å². The minimum atomic E-state index is -0.458. The Labute approximate surface area is 186 Å². The Morgan fingerprint density at radius 1 is 1.19 bits per heavy atom. The van der Waals surface area contributed by atoms with Gasteiger partial charge in [-0.05, 0) is 30.2 Å². The zero-order valence-electron chi connectivity index (χ0n) is 18.7. The molecule has 8 heteroatoms. The number of nitrogens with one attached hydrogen (secondary N) is 2. The van der Waals surface area contributed by atoms with Gasteiger partial charge in [-0.1, -0.05) is 26.0 Å². The molecule has 1 fully saturated rings. The van der Waals surface area contributed by atoms with E-state index in [0.29, 0.717) is 23.0 Å². The standard InChI is InChI=1S/C24H28N4O4/c1-14(2)22(23-25-17-7-5-6-8-18(17)26-23)27-24(30)15-11-21(29)28(13-15)19-10-9-16(31-3)12-20(19)32-4/h5-10,12,14-15,22H,11,13H2,1-4H3,(H,25,26)(H,27,30)/t15-,22-/m0/s1. The van der Waals surface area contributed by atoms with Crippen molar-refractivity contribution in [1.29, 1.82) is 0 Å². The molecule has 1 aromatic heterocycles. The molecule has 3 aromatic rings. The number of nitrogens with zero attached hydrogens (tertiary/aromatic N) is 2. The highest BCUT2D eigenvalue weighted by Crippen LogP contribution is 2.36. The summed E-state index contributed by atoms with van der Waals surface area (Å²) < 4.78 is 10.7. The van der Waals surface area contributed by atoms with E-state index in [2.05, 4.69) is 15.3 Å². The maximum atomic E-state index is 13.1. The van der Waals surface area contributed by atoms with Crippen LogP contribution in [-0.4, -0.2) is 42.5 Å². The number of carbonyl (C=O) groups is 2. The number of fused-ring (bicyclic) bond motifs is 1. The molecule has 1 saturated heterocycles. The molecule has 168 valence electrons. The molecule has 1 aliphatic heterocycles. The summed E-state index contributed by atoms with van der Waals surface area (Å²) in [6.07, 6.45) is 0.145. The maximum Gasteiger partial charge on any atom is 0.227 e. The van der Waals surface area contributed by atoms with Crippen LogP contribution in [0.2, 0.25) is 0 Å². The van der Waals surface area contributed by atoms with E-state index in [9.17, 15) is 9.59 Å². The average molecular weight is 437 g/mol. The van der Waals surface area contributed by atoms with Crippen molar-refractivity contribution in [3.63, 3.8) is 0 Å². The van der Waals surface area contributed by atoms with Gasteiger partial charge in [-0.15, -0.1) is 0 Å². The van der Waals surface area contributed by atoms with Crippen LogP contribution < -0.4 is 19.7 Å². The van der Waals surface area contributed by atoms with Gasteiger partial charge in [0.15, 0.2) is 0 Å². The van der Waals surface area contributed by atoms with Crippen LogP contribution in [0.1, 0.15) is 32.1 Å². The number of anilines is 1. The van der Waals surface area contributed by atoms with Gasteiger partial charge in [0.1, 0.15) is 17.3 Å². The zero-order chi connectivity index (χ0) is 22.8. The van der Waals surface area contributed by atoms with E-state index < -0.39 is 5.92 Å². The van der Waals surface area contributed by atoms with E-state index in [4.69, 9.17) is 9.47 Å². The molecule has 32 heavy (non-hydrogen) atoms. The molecule has 0 unspecified atom stereocenters. The van der Waals surface area contributed by atoms with Crippen molar-refractivity contribution in [3.05, 3.63) is 48.3 Å². The van der Waals surface area contributed by atoms with E-state index in [1.54, 1.807) is 37.3 Å². The predicted octanol–water partition coefficient (Wildman–Crippen LogP) is 3.45. The fourth-order valence-electron chi connectivity index (χ4n) is 4.07. The molecule has 0 saturated carbocycles. The zero-order valence-corrected chi connectivity index (χ0v) is 18.7. The first-order valence-corrected chi connectivity index (χ1v) is 10.7. The number of aromatic nitrogens is 2. The fourth-order valence-corrected chi connectivity index (χ4v) is 4.07. The number of para-hydroxylation sites is 2. The third kappa shape index (κ3) is 4.12. The lowest BCUT2D eigenvalue weighted by atomic mass is 10.0. The number of amides is 2. The Morgan fingerprint density at radius 2 is 1.97 bits per heavy atom. The lowest BCUT2D eigenvalue weighted by Crippen LogP contribution is -2.38. The number of hydrogen-bond acceptors (Lipinski definition) is 5. The molecule has 1 aliphatic rings. The monoisotopic (exact) mass is 436 g/mol. The second-order valence-electron chi connectivity index (χ2n) is 8.31. The number of carbonyl (C=O) groups excluding carboxylic acids is 2. The van der Waals surface area contributed by atoms with Crippen molar-refractivity contribution in [2.75, 3.05) is 25.7 Å². The molecule has 2 amide bonds. The average Bonchev–Trinajstić information content (AvgIpc) is 3.40. The number of H-pyrrole nitrogens is 1. The van der Waals surface area contributed by atoms with Crippen molar-refractivity contribution in [1.82, 2.24) is 15.3 Å². The molecule has 0 aliphatic carbocycles. The first-order chi connectivity index (χ1) is 15.4. The number of hydrogen-bond donors (Lipinski definition) is 2. The quantitative estimate of drug-likeness (QED) is 0.591. The number of benzene rings is 2. The van der Waals surface area contributed by atoms with Crippen LogP contribution in [0.5, 0.6) is 11.5 Å². The molecule has 2 N–H and O–H groups in total. The molecule has 2 atom stereocenters. The van der Waals surface area contributed by atoms with Crippen LogP contribution in [0.15, 0.2) is 42.5 Å². The van der Waals surface area contributed by atoms with Crippen LogP contribution in [0.25, 0.3) is 11.0 Å². The fraction of sp³-hybridized carbons (Fsp3) is 0.375. The van der Waals surface area contributed by atoms with Crippen molar-refractivity contribution >= 4 is 28.5 Å². The summed E-state index contributed by atoms with van der Waals surface area (Å²) in [7, 11) is 3.12. The van der Waals surface area contributed by atoms with Gasteiger partial charge in [-0.2, -0.15) is 0 Å². The minimum absolute atomic E-state index is 0.113. The van der Waals surface area contributed by atoms with Gasteiger partial charge in [0.05, 0.1) is 42.9 Å². The largest absolute Gasteiger partial charge is 0.497 e. The molecule has 2 heterocycles. The van der Waals surface area contributed by atoms with Gasteiger partial charge < -0.3 is 24.7 Å². The molecule has 0 radical (unpaired) electrons. The number of ether oxygens (including phenoxy) is 2. The van der Waals surface area contributed by atoms with Gasteiger partial charge in [0.25, 0.3) is 0 Å². The molecule has 0 bridgehead atoms. The Morgan fingerprint density at radius 3 is 2.66 bits per heavy atom. The van der Waals surface area contributed by atoms with Crippen LogP contribution in [0.3, 0.4) is 0 Å². The van der Waals surface area contributed by atoms with Gasteiger partial charge in [0.2, 0.25) is 11.8 Å². The first-order valence-electron chi connectivity index (χ1n) is 10.7.